The van der Waals surface area contributed by atoms with Crippen molar-refractivity contribution in [3.8, 4) is 11.4 Å². The molecule has 5 heteroatoms. The summed E-state index contributed by atoms with van der Waals surface area (Å²) in [5, 5.41) is 5.63. The molecule has 4 aromatic carbocycles. The first-order valence-corrected chi connectivity index (χ1v) is 13.6. The van der Waals surface area contributed by atoms with Crippen LogP contribution >= 0.6 is 0 Å². The maximum atomic E-state index is 14.1. The van der Waals surface area contributed by atoms with Gasteiger partial charge in [-0.15, -0.1) is 0 Å². The number of fused-ring (bicyclic) bond motifs is 2. The molecule has 0 N–H and O–H groups in total. The maximum absolute atomic E-state index is 14.1. The lowest BCUT2D eigenvalue weighted by atomic mass is 9.81. The van der Waals surface area contributed by atoms with Gasteiger partial charge in [-0.2, -0.15) is 5.10 Å². The summed E-state index contributed by atoms with van der Waals surface area (Å²) in [5.41, 5.74) is 9.08. The summed E-state index contributed by atoms with van der Waals surface area (Å²) in [7, 11) is 0. The molecule has 0 saturated heterocycles. The Balaban J connectivity index is 1.53. The first-order valence-electron chi connectivity index (χ1n) is 13.6. The van der Waals surface area contributed by atoms with Crippen LogP contribution in [0.15, 0.2) is 114 Å². The van der Waals surface area contributed by atoms with Crippen LogP contribution in [0.3, 0.4) is 0 Å². The molecule has 0 aliphatic heterocycles. The van der Waals surface area contributed by atoms with Crippen LogP contribution in [0.2, 0.25) is 0 Å². The van der Waals surface area contributed by atoms with Crippen LogP contribution in [0.1, 0.15) is 46.2 Å². The second kappa shape index (κ2) is 9.62. The fourth-order valence-electron chi connectivity index (χ4n) is 5.84. The van der Waals surface area contributed by atoms with Crippen LogP contribution in [-0.2, 0) is 0 Å². The van der Waals surface area contributed by atoms with Crippen LogP contribution < -0.4 is 5.56 Å². The molecule has 40 heavy (non-hydrogen) atoms. The average molecular weight is 521 g/mol. The molecule has 0 bridgehead atoms. The van der Waals surface area contributed by atoms with Gasteiger partial charge in [0, 0.05) is 5.56 Å². The molecule has 0 spiro atoms. The lowest BCUT2D eigenvalue weighted by Gasteiger charge is -2.27. The van der Waals surface area contributed by atoms with Gasteiger partial charge in [0.25, 0.3) is 5.56 Å². The Bertz CT molecular complexity index is 1950. The van der Waals surface area contributed by atoms with Crippen LogP contribution in [-0.4, -0.2) is 19.3 Å². The molecule has 0 saturated carbocycles. The molecule has 194 valence electrons. The molecule has 6 aromatic rings. The smallest absolute Gasteiger partial charge is 0.265 e. The number of nitrogens with zero attached hydrogens (tertiary/aromatic N) is 4. The van der Waals surface area contributed by atoms with Gasteiger partial charge in [-0.3, -0.25) is 9.36 Å². The first-order chi connectivity index (χ1) is 19.6. The number of allylic oxidation sites excluding steroid dienone is 1. The van der Waals surface area contributed by atoms with E-state index in [-0.39, 0.29) is 11.5 Å². The molecule has 0 amide bonds. The third-order valence-electron chi connectivity index (χ3n) is 7.78. The summed E-state index contributed by atoms with van der Waals surface area (Å²) >= 11 is 0. The van der Waals surface area contributed by atoms with Crippen LogP contribution in [0.25, 0.3) is 33.9 Å². The van der Waals surface area contributed by atoms with E-state index in [2.05, 4.69) is 56.3 Å². The van der Waals surface area contributed by atoms with Gasteiger partial charge in [0.1, 0.15) is 5.82 Å². The maximum Gasteiger partial charge on any atom is 0.265 e. The lowest BCUT2D eigenvalue weighted by Crippen LogP contribution is -2.27. The van der Waals surface area contributed by atoms with Crippen molar-refractivity contribution in [3.05, 3.63) is 153 Å². The number of para-hydroxylation sites is 3. The molecule has 1 aliphatic carbocycles. The zero-order valence-corrected chi connectivity index (χ0v) is 22.5. The van der Waals surface area contributed by atoms with Crippen molar-refractivity contribution in [2.24, 2.45) is 0 Å². The monoisotopic (exact) mass is 520 g/mol. The predicted octanol–water partition coefficient (Wildman–Crippen LogP) is 7.26. The van der Waals surface area contributed by atoms with Gasteiger partial charge in [0.2, 0.25) is 0 Å². The molecular weight excluding hydrogens is 492 g/mol. The second-order valence-electron chi connectivity index (χ2n) is 10.4. The highest BCUT2D eigenvalue weighted by atomic mass is 16.1. The number of aromatic nitrogens is 4. The van der Waals surface area contributed by atoms with E-state index in [1.54, 1.807) is 4.57 Å². The molecule has 5 nitrogen and oxygen atoms in total. The summed E-state index contributed by atoms with van der Waals surface area (Å²) in [6.07, 6.45) is 2.96. The quantitative estimate of drug-likeness (QED) is 0.246. The fraction of sp³-hybridized carbons (Fsp3) is 0.114. The summed E-state index contributed by atoms with van der Waals surface area (Å²) in [4.78, 5) is 19.3. The van der Waals surface area contributed by atoms with Crippen molar-refractivity contribution in [1.29, 1.82) is 0 Å². The standard InChI is InChI=1S/C35H28N4O/c1-23-17-19-25(20-18-23)26-21-30(33-24(2)37-39(32(33)22-26)28-13-7-4-8-14-28)34-36-31-16-10-9-15-29(31)35(40)38(34)27-11-5-3-6-12-27/h3-20,22,30H,21H2,1-2H3. The lowest BCUT2D eigenvalue weighted by molar-refractivity contribution is 0.707. The number of hydrogen-bond acceptors (Lipinski definition) is 3. The fourth-order valence-corrected chi connectivity index (χ4v) is 5.84. The van der Waals surface area contributed by atoms with E-state index >= 15 is 0 Å². The molecule has 2 heterocycles. The minimum absolute atomic E-state index is 0.0621. The Morgan fingerprint density at radius 1 is 0.750 bits per heavy atom. The van der Waals surface area contributed by atoms with E-state index in [4.69, 9.17) is 10.1 Å². The largest absolute Gasteiger partial charge is 0.268 e. The van der Waals surface area contributed by atoms with E-state index in [1.165, 1.54) is 11.1 Å². The first kappa shape index (κ1) is 24.0. The molecule has 0 radical (unpaired) electrons. The Labute approximate surface area is 232 Å². The number of aryl methyl sites for hydroxylation is 2. The Morgan fingerprint density at radius 3 is 2.12 bits per heavy atom. The zero-order chi connectivity index (χ0) is 27.2. The van der Waals surface area contributed by atoms with Crippen molar-refractivity contribution in [1.82, 2.24) is 19.3 Å². The number of benzene rings is 4. The molecule has 1 aliphatic rings. The molecule has 0 fully saturated rings. The highest BCUT2D eigenvalue weighted by Gasteiger charge is 2.33. The molecule has 2 aromatic heterocycles. The highest BCUT2D eigenvalue weighted by molar-refractivity contribution is 5.86. The Morgan fingerprint density at radius 2 is 1.40 bits per heavy atom. The predicted molar refractivity (Wildman–Crippen MR) is 161 cm³/mol. The van der Waals surface area contributed by atoms with Crippen molar-refractivity contribution in [2.75, 3.05) is 0 Å². The minimum Gasteiger partial charge on any atom is -0.268 e. The van der Waals surface area contributed by atoms with E-state index in [0.717, 1.165) is 39.7 Å². The van der Waals surface area contributed by atoms with Crippen LogP contribution in [0.4, 0.5) is 0 Å². The molecule has 7 rings (SSSR count). The Hall–Kier alpha value is -5.03. The van der Waals surface area contributed by atoms with Gasteiger partial charge in [-0.05, 0) is 73.9 Å². The van der Waals surface area contributed by atoms with Crippen LogP contribution in [0, 0.1) is 13.8 Å². The van der Waals surface area contributed by atoms with Crippen molar-refractivity contribution in [3.63, 3.8) is 0 Å². The summed E-state index contributed by atoms with van der Waals surface area (Å²) in [6.45, 7) is 4.16. The third-order valence-corrected chi connectivity index (χ3v) is 7.78. The van der Waals surface area contributed by atoms with E-state index in [9.17, 15) is 4.79 Å². The van der Waals surface area contributed by atoms with Crippen molar-refractivity contribution >= 4 is 22.6 Å². The minimum atomic E-state index is -0.175. The zero-order valence-electron chi connectivity index (χ0n) is 22.5. The van der Waals surface area contributed by atoms with Gasteiger partial charge in [-0.1, -0.05) is 78.4 Å². The normalized spacial score (nSPS) is 14.7. The number of hydrogen-bond donors (Lipinski definition) is 0. The second-order valence-corrected chi connectivity index (χ2v) is 10.4. The van der Waals surface area contributed by atoms with Crippen molar-refractivity contribution < 1.29 is 0 Å². The number of rotatable bonds is 4. The van der Waals surface area contributed by atoms with Crippen molar-refractivity contribution in [2.45, 2.75) is 26.2 Å². The van der Waals surface area contributed by atoms with E-state index in [0.29, 0.717) is 17.3 Å². The van der Waals surface area contributed by atoms with Gasteiger partial charge in [0.05, 0.1) is 39.6 Å². The highest BCUT2D eigenvalue weighted by Crippen LogP contribution is 2.43. The summed E-state index contributed by atoms with van der Waals surface area (Å²) in [6, 6.07) is 36.3. The molecule has 1 unspecified atom stereocenters. The van der Waals surface area contributed by atoms with Gasteiger partial charge in [0.15, 0.2) is 0 Å². The summed E-state index contributed by atoms with van der Waals surface area (Å²) in [5.74, 6) is 0.552. The van der Waals surface area contributed by atoms with E-state index < -0.39 is 0 Å². The summed E-state index contributed by atoms with van der Waals surface area (Å²) < 4.78 is 3.82. The Kier molecular flexibility index (Phi) is 5.78. The van der Waals surface area contributed by atoms with Gasteiger partial charge < -0.3 is 0 Å². The topological polar surface area (TPSA) is 52.7 Å². The molecule has 1 atom stereocenters. The van der Waals surface area contributed by atoms with Crippen LogP contribution in [0.5, 0.6) is 0 Å². The average Bonchev–Trinajstić information content (AvgIpc) is 3.34. The van der Waals surface area contributed by atoms with E-state index in [1.807, 2.05) is 77.5 Å². The van der Waals surface area contributed by atoms with Gasteiger partial charge >= 0.3 is 0 Å². The molecular formula is C35H28N4O. The SMILES string of the molecule is Cc1ccc(C2=Cc3c(c(C)nn3-c3ccccc3)C(c3nc4ccccc4c(=O)n3-c3ccccc3)C2)cc1. The van der Waals surface area contributed by atoms with Gasteiger partial charge in [-0.25, -0.2) is 9.67 Å². The third kappa shape index (κ3) is 3.98.